The van der Waals surface area contributed by atoms with E-state index < -0.39 is 17.5 Å². The standard InChI is InChI=1S/C25H25F2N3O4/c1-2-14-33-19-6-8-20(9-7-19)34-25-17(4-3-12-29-25)16-30-23(31)11-13-28-24(32)21-10-5-18(26)15-22(21)27/h3-10,12,15H,2,11,13-14,16H2,1H3,(H,28,32)(H,30,31). The molecule has 9 heteroatoms. The van der Waals surface area contributed by atoms with Gasteiger partial charge in [-0.05, 0) is 48.9 Å². The van der Waals surface area contributed by atoms with E-state index in [1.54, 1.807) is 30.5 Å². The monoisotopic (exact) mass is 469 g/mol. The Balaban J connectivity index is 1.48. The lowest BCUT2D eigenvalue weighted by Crippen LogP contribution is -2.31. The number of halogens is 2. The molecule has 3 aromatic rings. The Bertz CT molecular complexity index is 1120. The maximum atomic E-state index is 13.7. The molecule has 178 valence electrons. The summed E-state index contributed by atoms with van der Waals surface area (Å²) in [6, 6.07) is 13.3. The number of pyridine rings is 1. The van der Waals surface area contributed by atoms with E-state index in [1.165, 1.54) is 0 Å². The van der Waals surface area contributed by atoms with Crippen LogP contribution >= 0.6 is 0 Å². The number of carbonyl (C=O) groups excluding carboxylic acids is 2. The van der Waals surface area contributed by atoms with E-state index in [2.05, 4.69) is 15.6 Å². The van der Waals surface area contributed by atoms with E-state index in [0.29, 0.717) is 29.9 Å². The normalized spacial score (nSPS) is 10.4. The van der Waals surface area contributed by atoms with Crippen molar-refractivity contribution in [1.29, 1.82) is 0 Å². The van der Waals surface area contributed by atoms with Crippen molar-refractivity contribution in [2.24, 2.45) is 0 Å². The van der Waals surface area contributed by atoms with Crippen LogP contribution in [0.5, 0.6) is 17.4 Å². The van der Waals surface area contributed by atoms with Crippen molar-refractivity contribution in [1.82, 2.24) is 15.6 Å². The number of aromatic nitrogens is 1. The van der Waals surface area contributed by atoms with Crippen molar-refractivity contribution < 1.29 is 27.8 Å². The highest BCUT2D eigenvalue weighted by Gasteiger charge is 2.13. The van der Waals surface area contributed by atoms with E-state index in [1.807, 2.05) is 19.1 Å². The van der Waals surface area contributed by atoms with Gasteiger partial charge in [-0.3, -0.25) is 9.59 Å². The summed E-state index contributed by atoms with van der Waals surface area (Å²) in [5, 5.41) is 5.18. The van der Waals surface area contributed by atoms with Gasteiger partial charge in [0.1, 0.15) is 23.1 Å². The van der Waals surface area contributed by atoms with Gasteiger partial charge in [-0.25, -0.2) is 13.8 Å². The van der Waals surface area contributed by atoms with Crippen molar-refractivity contribution in [2.75, 3.05) is 13.2 Å². The number of benzene rings is 2. The van der Waals surface area contributed by atoms with Gasteiger partial charge in [-0.2, -0.15) is 0 Å². The van der Waals surface area contributed by atoms with Crippen LogP contribution in [0.2, 0.25) is 0 Å². The Labute approximate surface area is 196 Å². The summed E-state index contributed by atoms with van der Waals surface area (Å²) in [6.07, 6.45) is 2.48. The number of hydrogen-bond donors (Lipinski definition) is 2. The lowest BCUT2D eigenvalue weighted by molar-refractivity contribution is -0.121. The van der Waals surface area contributed by atoms with Crippen LogP contribution in [0.15, 0.2) is 60.8 Å². The molecule has 2 N–H and O–H groups in total. The molecular formula is C25H25F2N3O4. The van der Waals surface area contributed by atoms with Gasteiger partial charge in [-0.1, -0.05) is 13.0 Å². The largest absolute Gasteiger partial charge is 0.494 e. The lowest BCUT2D eigenvalue weighted by atomic mass is 10.2. The summed E-state index contributed by atoms with van der Waals surface area (Å²) < 4.78 is 38.0. The Kier molecular flexibility index (Phi) is 8.90. The molecule has 0 aliphatic carbocycles. The summed E-state index contributed by atoms with van der Waals surface area (Å²) >= 11 is 0. The highest BCUT2D eigenvalue weighted by molar-refractivity contribution is 5.94. The first-order valence-electron chi connectivity index (χ1n) is 10.8. The summed E-state index contributed by atoms with van der Waals surface area (Å²) in [6.45, 7) is 2.83. The number of hydrogen-bond acceptors (Lipinski definition) is 5. The second-order valence-electron chi connectivity index (χ2n) is 7.30. The van der Waals surface area contributed by atoms with Gasteiger partial charge in [0.05, 0.1) is 12.2 Å². The zero-order valence-corrected chi connectivity index (χ0v) is 18.6. The molecule has 0 saturated carbocycles. The van der Waals surface area contributed by atoms with E-state index in [-0.39, 0.29) is 31.0 Å². The van der Waals surface area contributed by atoms with Crippen LogP contribution in [-0.2, 0) is 11.3 Å². The molecule has 0 aliphatic rings. The van der Waals surface area contributed by atoms with Crippen LogP contribution in [0, 0.1) is 11.6 Å². The Morgan fingerprint density at radius 2 is 1.76 bits per heavy atom. The molecule has 0 unspecified atom stereocenters. The second-order valence-corrected chi connectivity index (χ2v) is 7.30. The molecule has 0 saturated heterocycles. The second kappa shape index (κ2) is 12.3. The van der Waals surface area contributed by atoms with Crippen molar-refractivity contribution in [3.05, 3.63) is 83.6 Å². The number of amides is 2. The summed E-state index contributed by atoms with van der Waals surface area (Å²) in [5.41, 5.74) is 0.378. The third-order valence-corrected chi connectivity index (χ3v) is 4.65. The molecule has 1 aromatic heterocycles. The summed E-state index contributed by atoms with van der Waals surface area (Å²) in [7, 11) is 0. The fraction of sp³-hybridized carbons (Fsp3) is 0.240. The molecule has 0 bridgehead atoms. The first-order valence-corrected chi connectivity index (χ1v) is 10.8. The van der Waals surface area contributed by atoms with E-state index in [4.69, 9.17) is 9.47 Å². The smallest absolute Gasteiger partial charge is 0.254 e. The van der Waals surface area contributed by atoms with E-state index in [0.717, 1.165) is 24.3 Å². The van der Waals surface area contributed by atoms with Gasteiger partial charge < -0.3 is 20.1 Å². The topological polar surface area (TPSA) is 89.6 Å². The average molecular weight is 469 g/mol. The van der Waals surface area contributed by atoms with Crippen molar-refractivity contribution in [3.8, 4) is 17.4 Å². The lowest BCUT2D eigenvalue weighted by Gasteiger charge is -2.12. The van der Waals surface area contributed by atoms with Crippen LogP contribution in [0.25, 0.3) is 0 Å². The van der Waals surface area contributed by atoms with E-state index >= 15 is 0 Å². The zero-order chi connectivity index (χ0) is 24.3. The predicted molar refractivity (Wildman–Crippen MR) is 122 cm³/mol. The van der Waals surface area contributed by atoms with Crippen LogP contribution in [0.3, 0.4) is 0 Å². The molecule has 34 heavy (non-hydrogen) atoms. The SMILES string of the molecule is CCCOc1ccc(Oc2ncccc2CNC(=O)CCNC(=O)c2ccc(F)cc2F)cc1. The molecular weight excluding hydrogens is 444 g/mol. The average Bonchev–Trinajstić information content (AvgIpc) is 2.83. The maximum absolute atomic E-state index is 13.7. The minimum absolute atomic E-state index is 0.00959. The molecule has 0 fully saturated rings. The van der Waals surface area contributed by atoms with Gasteiger partial charge in [0.2, 0.25) is 11.8 Å². The highest BCUT2D eigenvalue weighted by atomic mass is 19.1. The Morgan fingerprint density at radius 1 is 1.00 bits per heavy atom. The quantitative estimate of drug-likeness (QED) is 0.435. The molecule has 0 spiro atoms. The van der Waals surface area contributed by atoms with Crippen LogP contribution in [0.4, 0.5) is 8.78 Å². The highest BCUT2D eigenvalue weighted by Crippen LogP contribution is 2.25. The predicted octanol–water partition coefficient (Wildman–Crippen LogP) is 4.38. The number of rotatable bonds is 11. The fourth-order valence-corrected chi connectivity index (χ4v) is 2.93. The zero-order valence-electron chi connectivity index (χ0n) is 18.6. The van der Waals surface area contributed by atoms with Crippen LogP contribution in [-0.4, -0.2) is 29.9 Å². The summed E-state index contributed by atoms with van der Waals surface area (Å²) in [5.74, 6) is -1.11. The third kappa shape index (κ3) is 7.26. The number of ether oxygens (including phenoxy) is 2. The molecule has 2 amide bonds. The summed E-state index contributed by atoms with van der Waals surface area (Å²) in [4.78, 5) is 28.4. The minimum Gasteiger partial charge on any atom is -0.494 e. The fourth-order valence-electron chi connectivity index (χ4n) is 2.93. The van der Waals surface area contributed by atoms with Crippen molar-refractivity contribution in [2.45, 2.75) is 26.3 Å². The van der Waals surface area contributed by atoms with Gasteiger partial charge in [0.15, 0.2) is 0 Å². The maximum Gasteiger partial charge on any atom is 0.254 e. The van der Waals surface area contributed by atoms with Crippen LogP contribution in [0.1, 0.15) is 35.7 Å². The third-order valence-electron chi connectivity index (χ3n) is 4.65. The Hall–Kier alpha value is -4.01. The molecule has 3 rings (SSSR count). The number of nitrogens with one attached hydrogen (secondary N) is 2. The molecule has 0 radical (unpaired) electrons. The number of carbonyl (C=O) groups is 2. The van der Waals surface area contributed by atoms with E-state index in [9.17, 15) is 18.4 Å². The van der Waals surface area contributed by atoms with Gasteiger partial charge >= 0.3 is 0 Å². The first-order chi connectivity index (χ1) is 16.5. The van der Waals surface area contributed by atoms with Crippen LogP contribution < -0.4 is 20.1 Å². The molecule has 2 aromatic carbocycles. The molecule has 0 atom stereocenters. The Morgan fingerprint density at radius 3 is 2.50 bits per heavy atom. The first kappa shape index (κ1) is 24.6. The van der Waals surface area contributed by atoms with Gasteiger partial charge in [0.25, 0.3) is 5.91 Å². The van der Waals surface area contributed by atoms with Crippen molar-refractivity contribution >= 4 is 11.8 Å². The minimum atomic E-state index is -0.964. The molecule has 7 nitrogen and oxygen atoms in total. The molecule has 1 heterocycles. The molecule has 0 aliphatic heterocycles. The number of nitrogens with zero attached hydrogens (tertiary/aromatic N) is 1. The van der Waals surface area contributed by atoms with Crippen molar-refractivity contribution in [3.63, 3.8) is 0 Å². The van der Waals surface area contributed by atoms with Gasteiger partial charge in [-0.15, -0.1) is 0 Å². The van der Waals surface area contributed by atoms with Gasteiger partial charge in [0, 0.05) is 37.3 Å².